The molecule has 17 heavy (non-hydrogen) atoms. The summed E-state index contributed by atoms with van der Waals surface area (Å²) in [5.74, 6) is -1.12. The van der Waals surface area contributed by atoms with Crippen molar-refractivity contribution in [1.29, 1.82) is 0 Å². The van der Waals surface area contributed by atoms with Crippen LogP contribution in [0, 0.1) is 5.92 Å². The number of carbonyl (C=O) groups is 1. The van der Waals surface area contributed by atoms with Gasteiger partial charge in [-0.05, 0) is 18.4 Å². The fourth-order valence-electron chi connectivity index (χ4n) is 1.73. The molecule has 0 amide bonds. The van der Waals surface area contributed by atoms with Crippen molar-refractivity contribution in [2.24, 2.45) is 5.92 Å². The Labute approximate surface area is 104 Å². The highest BCUT2D eigenvalue weighted by Gasteiger charge is 2.31. The summed E-state index contributed by atoms with van der Waals surface area (Å²) in [6, 6.07) is 9.38. The molecule has 0 aliphatic rings. The van der Waals surface area contributed by atoms with Gasteiger partial charge in [0.1, 0.15) is 5.25 Å². The maximum Gasteiger partial charge on any atom is 0.319 e. The summed E-state index contributed by atoms with van der Waals surface area (Å²) < 4.78 is 12.3. The van der Waals surface area contributed by atoms with Crippen molar-refractivity contribution in [2.45, 2.75) is 31.3 Å². The van der Waals surface area contributed by atoms with Crippen LogP contribution >= 0.6 is 0 Å². The van der Waals surface area contributed by atoms with Gasteiger partial charge in [-0.25, -0.2) is 0 Å². The molecule has 1 rings (SSSR count). The number of hydrogen-bond acceptors (Lipinski definition) is 2. The topological polar surface area (TPSA) is 54.4 Å². The molecule has 94 valence electrons. The highest BCUT2D eigenvalue weighted by molar-refractivity contribution is 7.86. The van der Waals surface area contributed by atoms with Crippen LogP contribution in [0.2, 0.25) is 0 Å². The molecule has 0 radical (unpaired) electrons. The van der Waals surface area contributed by atoms with Gasteiger partial charge >= 0.3 is 5.97 Å². The van der Waals surface area contributed by atoms with Gasteiger partial charge < -0.3 is 5.11 Å². The molecule has 1 N–H and O–H groups in total. The summed E-state index contributed by atoms with van der Waals surface area (Å²) in [6.07, 6.45) is 0. The normalized spacial score (nSPS) is 16.5. The Morgan fingerprint density at radius 3 is 2.12 bits per heavy atom. The van der Waals surface area contributed by atoms with Crippen molar-refractivity contribution in [3.8, 4) is 0 Å². The number of hydrogen-bond donors (Lipinski definition) is 1. The van der Waals surface area contributed by atoms with Crippen LogP contribution in [-0.4, -0.2) is 20.5 Å². The SMILES string of the molecule is CC(C)C(C(=O)O)S(=O)C(C)c1ccccc1. The Balaban J connectivity index is 2.92. The first-order chi connectivity index (χ1) is 7.95. The lowest BCUT2D eigenvalue weighted by Crippen LogP contribution is -2.33. The fourth-order valence-corrected chi connectivity index (χ4v) is 3.33. The van der Waals surface area contributed by atoms with E-state index in [1.54, 1.807) is 13.8 Å². The zero-order chi connectivity index (χ0) is 13.0. The van der Waals surface area contributed by atoms with E-state index in [0.29, 0.717) is 0 Å². The third-order valence-electron chi connectivity index (χ3n) is 2.72. The minimum absolute atomic E-state index is 0.139. The maximum absolute atomic E-state index is 12.3. The number of rotatable bonds is 5. The molecule has 1 aromatic carbocycles. The van der Waals surface area contributed by atoms with Crippen LogP contribution in [0.15, 0.2) is 30.3 Å². The van der Waals surface area contributed by atoms with Crippen LogP contribution in [0.1, 0.15) is 31.6 Å². The largest absolute Gasteiger partial charge is 0.480 e. The van der Waals surface area contributed by atoms with E-state index in [0.717, 1.165) is 5.56 Å². The molecular formula is C13H18O3S. The van der Waals surface area contributed by atoms with Crippen LogP contribution in [-0.2, 0) is 15.6 Å². The number of aliphatic carboxylic acids is 1. The molecule has 0 heterocycles. The lowest BCUT2D eigenvalue weighted by Gasteiger charge is -2.20. The molecule has 3 unspecified atom stereocenters. The van der Waals surface area contributed by atoms with Gasteiger partial charge in [-0.3, -0.25) is 9.00 Å². The summed E-state index contributed by atoms with van der Waals surface area (Å²) in [5.41, 5.74) is 0.915. The third kappa shape index (κ3) is 3.40. The molecule has 0 aromatic heterocycles. The van der Waals surface area contributed by atoms with E-state index in [9.17, 15) is 9.00 Å². The molecule has 0 bridgehead atoms. The minimum atomic E-state index is -1.41. The van der Waals surface area contributed by atoms with Crippen LogP contribution < -0.4 is 0 Å². The van der Waals surface area contributed by atoms with Crippen LogP contribution in [0.4, 0.5) is 0 Å². The fraction of sp³-hybridized carbons (Fsp3) is 0.462. The van der Waals surface area contributed by atoms with Crippen molar-refractivity contribution in [3.63, 3.8) is 0 Å². The molecule has 3 atom stereocenters. The quantitative estimate of drug-likeness (QED) is 0.878. The minimum Gasteiger partial charge on any atom is -0.480 e. The van der Waals surface area contributed by atoms with Crippen molar-refractivity contribution in [1.82, 2.24) is 0 Å². The van der Waals surface area contributed by atoms with E-state index >= 15 is 0 Å². The smallest absolute Gasteiger partial charge is 0.319 e. The summed E-state index contributed by atoms with van der Waals surface area (Å²) in [6.45, 7) is 5.38. The predicted molar refractivity (Wildman–Crippen MR) is 69.3 cm³/mol. The van der Waals surface area contributed by atoms with Gasteiger partial charge in [0.25, 0.3) is 0 Å². The first-order valence-corrected chi connectivity index (χ1v) is 6.90. The second-order valence-corrected chi connectivity index (χ2v) is 6.26. The molecule has 0 saturated carbocycles. The van der Waals surface area contributed by atoms with Gasteiger partial charge in [-0.2, -0.15) is 0 Å². The van der Waals surface area contributed by atoms with Gasteiger partial charge in [0, 0.05) is 10.8 Å². The zero-order valence-corrected chi connectivity index (χ0v) is 11.1. The highest BCUT2D eigenvalue weighted by Crippen LogP contribution is 2.25. The van der Waals surface area contributed by atoms with Crippen molar-refractivity contribution < 1.29 is 14.1 Å². The van der Waals surface area contributed by atoms with E-state index in [4.69, 9.17) is 5.11 Å². The van der Waals surface area contributed by atoms with Crippen LogP contribution in [0.5, 0.6) is 0 Å². The molecule has 0 fully saturated rings. The molecule has 0 aliphatic heterocycles. The number of carboxylic acids is 1. The molecule has 1 aromatic rings. The van der Waals surface area contributed by atoms with E-state index in [1.165, 1.54) is 0 Å². The Bertz CT molecular complexity index is 400. The average Bonchev–Trinajstić information content (AvgIpc) is 2.28. The first-order valence-electron chi connectivity index (χ1n) is 5.62. The molecule has 0 saturated heterocycles. The van der Waals surface area contributed by atoms with Gasteiger partial charge in [-0.1, -0.05) is 44.2 Å². The van der Waals surface area contributed by atoms with E-state index in [2.05, 4.69) is 0 Å². The molecular weight excluding hydrogens is 236 g/mol. The average molecular weight is 254 g/mol. The highest BCUT2D eigenvalue weighted by atomic mass is 32.2. The third-order valence-corrected chi connectivity index (χ3v) is 4.93. The second kappa shape index (κ2) is 5.96. The van der Waals surface area contributed by atoms with E-state index in [1.807, 2.05) is 37.3 Å². The molecule has 0 spiro atoms. The lowest BCUT2D eigenvalue weighted by molar-refractivity contribution is -0.137. The molecule has 0 aliphatic carbocycles. The van der Waals surface area contributed by atoms with E-state index in [-0.39, 0.29) is 11.2 Å². The summed E-state index contributed by atoms with van der Waals surface area (Å²) >= 11 is 0. The van der Waals surface area contributed by atoms with Crippen molar-refractivity contribution in [2.75, 3.05) is 0 Å². The Morgan fingerprint density at radius 2 is 1.71 bits per heavy atom. The Morgan fingerprint density at radius 1 is 1.18 bits per heavy atom. The monoisotopic (exact) mass is 254 g/mol. The standard InChI is InChI=1S/C13H18O3S/c1-9(2)12(13(14)15)17(16)10(3)11-7-5-4-6-8-11/h4-10,12H,1-3H3,(H,14,15). The maximum atomic E-state index is 12.3. The number of benzene rings is 1. The summed E-state index contributed by atoms with van der Waals surface area (Å²) in [4.78, 5) is 11.1. The molecule has 4 heteroatoms. The first kappa shape index (κ1) is 13.9. The van der Waals surface area contributed by atoms with E-state index < -0.39 is 22.0 Å². The van der Waals surface area contributed by atoms with Gasteiger partial charge in [0.15, 0.2) is 0 Å². The summed E-state index contributed by atoms with van der Waals surface area (Å²) in [5, 5.41) is 8.04. The van der Waals surface area contributed by atoms with Crippen molar-refractivity contribution in [3.05, 3.63) is 35.9 Å². The zero-order valence-electron chi connectivity index (χ0n) is 10.3. The summed E-state index contributed by atoms with van der Waals surface area (Å²) in [7, 11) is -1.41. The Kier molecular flexibility index (Phi) is 4.87. The number of carboxylic acid groups (broad SMARTS) is 1. The molecule has 3 nitrogen and oxygen atoms in total. The van der Waals surface area contributed by atoms with Crippen molar-refractivity contribution >= 4 is 16.8 Å². The predicted octanol–water partition coefficient (Wildman–Crippen LogP) is 2.61. The Hall–Kier alpha value is -1.16. The van der Waals surface area contributed by atoms with Gasteiger partial charge in [-0.15, -0.1) is 0 Å². The lowest BCUT2D eigenvalue weighted by atomic mass is 10.1. The van der Waals surface area contributed by atoms with Gasteiger partial charge in [0.05, 0.1) is 5.25 Å². The second-order valence-electron chi connectivity index (χ2n) is 4.38. The van der Waals surface area contributed by atoms with Crippen LogP contribution in [0.3, 0.4) is 0 Å². The van der Waals surface area contributed by atoms with Gasteiger partial charge in [0.2, 0.25) is 0 Å². The van der Waals surface area contributed by atoms with Crippen LogP contribution in [0.25, 0.3) is 0 Å².